The average molecular weight is 456 g/mol. The van der Waals surface area contributed by atoms with Crippen LogP contribution in [-0.2, 0) is 4.79 Å². The first-order valence-electron chi connectivity index (χ1n) is 11.4. The van der Waals surface area contributed by atoms with Crippen LogP contribution in [0.4, 0.5) is 5.82 Å². The molecule has 1 atom stereocenters. The van der Waals surface area contributed by atoms with Gasteiger partial charge >= 0.3 is 5.97 Å². The minimum Gasteiger partial charge on any atom is -0.478 e. The van der Waals surface area contributed by atoms with Crippen molar-refractivity contribution < 1.29 is 14.7 Å². The predicted molar refractivity (Wildman–Crippen MR) is 129 cm³/mol. The largest absolute Gasteiger partial charge is 0.478 e. The summed E-state index contributed by atoms with van der Waals surface area (Å²) in [4.78, 5) is 35.3. The highest BCUT2D eigenvalue weighted by Crippen LogP contribution is 2.32. The van der Waals surface area contributed by atoms with Gasteiger partial charge in [-0.15, -0.1) is 0 Å². The van der Waals surface area contributed by atoms with E-state index in [0.29, 0.717) is 0 Å². The molecular formula is C26H25N5O3. The first-order chi connectivity index (χ1) is 16.6. The molecule has 0 spiro atoms. The fourth-order valence-electron chi connectivity index (χ4n) is 4.58. The maximum atomic E-state index is 13.3. The zero-order valence-corrected chi connectivity index (χ0v) is 18.6. The molecular weight excluding hydrogens is 430 g/mol. The normalized spacial score (nSPS) is 18.3. The van der Waals surface area contributed by atoms with E-state index >= 15 is 0 Å². The summed E-state index contributed by atoms with van der Waals surface area (Å²) in [6.07, 6.45) is 5.57. The van der Waals surface area contributed by atoms with Gasteiger partial charge in [0, 0.05) is 43.3 Å². The van der Waals surface area contributed by atoms with Crippen LogP contribution in [-0.4, -0.2) is 51.3 Å². The van der Waals surface area contributed by atoms with Gasteiger partial charge in [-0.1, -0.05) is 42.5 Å². The van der Waals surface area contributed by atoms with E-state index in [1.807, 2.05) is 42.6 Å². The third-order valence-electron chi connectivity index (χ3n) is 6.49. The molecule has 1 aromatic heterocycles. The maximum absolute atomic E-state index is 13.3. The van der Waals surface area contributed by atoms with Crippen LogP contribution >= 0.6 is 0 Å². The van der Waals surface area contributed by atoms with Gasteiger partial charge in [0.2, 0.25) is 5.91 Å². The molecule has 1 unspecified atom stereocenters. The molecule has 1 fully saturated rings. The highest BCUT2D eigenvalue weighted by atomic mass is 16.4. The highest BCUT2D eigenvalue weighted by molar-refractivity contribution is 5.88. The van der Waals surface area contributed by atoms with Crippen LogP contribution in [0.1, 0.15) is 41.2 Å². The van der Waals surface area contributed by atoms with Gasteiger partial charge < -0.3 is 10.0 Å². The first kappa shape index (κ1) is 21.8. The number of benzene rings is 2. The van der Waals surface area contributed by atoms with Crippen molar-refractivity contribution in [3.05, 3.63) is 78.1 Å². The van der Waals surface area contributed by atoms with Gasteiger partial charge in [0.1, 0.15) is 12.1 Å². The quantitative estimate of drug-likeness (QED) is 0.624. The average Bonchev–Trinajstić information content (AvgIpc) is 3.39. The zero-order valence-electron chi connectivity index (χ0n) is 18.6. The Hall–Kier alpha value is -4.07. The first-order valence-corrected chi connectivity index (χ1v) is 11.4. The SMILES string of the molecule is O=C(O)c1ccc(-c2cc(N3CCC(C(=O)N4N=CCC4c4ccccc4)CC3)ncn2)cc1. The Bertz CT molecular complexity index is 1200. The Morgan fingerprint density at radius 2 is 1.68 bits per heavy atom. The summed E-state index contributed by atoms with van der Waals surface area (Å²) >= 11 is 0. The van der Waals surface area contributed by atoms with Gasteiger partial charge in [-0.25, -0.2) is 19.8 Å². The van der Waals surface area contributed by atoms with Crippen molar-refractivity contribution in [1.82, 2.24) is 15.0 Å². The number of carboxylic acid groups (broad SMARTS) is 1. The molecule has 2 aliphatic heterocycles. The fourth-order valence-corrected chi connectivity index (χ4v) is 4.58. The van der Waals surface area contributed by atoms with E-state index in [1.54, 1.807) is 29.3 Å². The number of hydrogen-bond acceptors (Lipinski definition) is 6. The molecule has 5 rings (SSSR count). The summed E-state index contributed by atoms with van der Waals surface area (Å²) in [6.45, 7) is 1.44. The van der Waals surface area contributed by atoms with Crippen LogP contribution in [0.15, 0.2) is 72.1 Å². The minimum atomic E-state index is -0.956. The second-order valence-electron chi connectivity index (χ2n) is 8.55. The van der Waals surface area contributed by atoms with Crippen molar-refractivity contribution in [2.45, 2.75) is 25.3 Å². The van der Waals surface area contributed by atoms with Gasteiger partial charge in [0.25, 0.3) is 0 Å². The molecule has 3 heterocycles. The highest BCUT2D eigenvalue weighted by Gasteiger charge is 2.34. The number of nitrogens with zero attached hydrogens (tertiary/aromatic N) is 5. The van der Waals surface area contributed by atoms with Crippen molar-refractivity contribution in [2.24, 2.45) is 11.0 Å². The Morgan fingerprint density at radius 1 is 0.941 bits per heavy atom. The van der Waals surface area contributed by atoms with Gasteiger partial charge in [0.15, 0.2) is 0 Å². The molecule has 1 amide bonds. The van der Waals surface area contributed by atoms with Crippen LogP contribution in [0.5, 0.6) is 0 Å². The number of carboxylic acids is 1. The minimum absolute atomic E-state index is 0.0244. The van der Waals surface area contributed by atoms with E-state index in [-0.39, 0.29) is 23.4 Å². The van der Waals surface area contributed by atoms with Crippen LogP contribution in [0, 0.1) is 5.92 Å². The summed E-state index contributed by atoms with van der Waals surface area (Å²) in [5, 5.41) is 15.2. The molecule has 172 valence electrons. The van der Waals surface area contributed by atoms with Crippen molar-refractivity contribution in [2.75, 3.05) is 18.0 Å². The lowest BCUT2D eigenvalue weighted by molar-refractivity contribution is -0.138. The van der Waals surface area contributed by atoms with E-state index in [9.17, 15) is 9.59 Å². The molecule has 2 aromatic carbocycles. The van der Waals surface area contributed by atoms with E-state index in [2.05, 4.69) is 20.0 Å². The summed E-state index contributed by atoms with van der Waals surface area (Å²) in [5.41, 5.74) is 2.91. The second-order valence-corrected chi connectivity index (χ2v) is 8.55. The number of carbonyl (C=O) groups excluding carboxylic acids is 1. The number of piperidine rings is 1. The number of rotatable bonds is 5. The second kappa shape index (κ2) is 9.43. The summed E-state index contributed by atoms with van der Waals surface area (Å²) in [7, 11) is 0. The van der Waals surface area contributed by atoms with Gasteiger partial charge in [-0.3, -0.25) is 4.79 Å². The molecule has 1 N–H and O–H groups in total. The molecule has 0 bridgehead atoms. The lowest BCUT2D eigenvalue weighted by atomic mass is 9.94. The van der Waals surface area contributed by atoms with Crippen LogP contribution in [0.2, 0.25) is 0 Å². The van der Waals surface area contributed by atoms with Crippen molar-refractivity contribution in [1.29, 1.82) is 0 Å². The number of aromatic carboxylic acids is 1. The molecule has 0 aliphatic carbocycles. The lowest BCUT2D eigenvalue weighted by Gasteiger charge is -2.34. The monoisotopic (exact) mass is 455 g/mol. The topological polar surface area (TPSA) is 99.0 Å². The standard InChI is InChI=1S/C26H25N5O3/c32-25(31-23(10-13-29-31)19-4-2-1-3-5-19)20-11-14-30(15-12-20)24-16-22(27-17-28-24)18-6-8-21(9-7-18)26(33)34/h1-9,13,16-17,20,23H,10-12,14-15H2,(H,33,34). The molecule has 0 radical (unpaired) electrons. The molecule has 3 aromatic rings. The van der Waals surface area contributed by atoms with Crippen LogP contribution in [0.25, 0.3) is 11.3 Å². The lowest BCUT2D eigenvalue weighted by Crippen LogP contribution is -2.41. The number of carbonyl (C=O) groups is 2. The van der Waals surface area contributed by atoms with Gasteiger partial charge in [-0.05, 0) is 30.5 Å². The predicted octanol–water partition coefficient (Wildman–Crippen LogP) is 4.02. The number of amides is 1. The van der Waals surface area contributed by atoms with E-state index < -0.39 is 5.97 Å². The molecule has 2 aliphatic rings. The Morgan fingerprint density at radius 3 is 2.38 bits per heavy atom. The maximum Gasteiger partial charge on any atom is 0.335 e. The third kappa shape index (κ3) is 4.39. The number of hydrazone groups is 1. The molecule has 8 nitrogen and oxygen atoms in total. The molecule has 1 saturated heterocycles. The molecule has 0 saturated carbocycles. The third-order valence-corrected chi connectivity index (χ3v) is 6.49. The van der Waals surface area contributed by atoms with Gasteiger partial charge in [0.05, 0.1) is 17.3 Å². The molecule has 34 heavy (non-hydrogen) atoms. The zero-order chi connectivity index (χ0) is 23.5. The van der Waals surface area contributed by atoms with Crippen molar-refractivity contribution in [3.63, 3.8) is 0 Å². The van der Waals surface area contributed by atoms with E-state index in [4.69, 9.17) is 5.11 Å². The number of anilines is 1. The fraction of sp³-hybridized carbons (Fsp3) is 0.269. The summed E-state index contributed by atoms with van der Waals surface area (Å²) in [6, 6.07) is 18.6. The summed E-state index contributed by atoms with van der Waals surface area (Å²) in [5.74, 6) is -0.131. The van der Waals surface area contributed by atoms with Crippen LogP contribution in [0.3, 0.4) is 0 Å². The van der Waals surface area contributed by atoms with E-state index in [0.717, 1.165) is 55.0 Å². The van der Waals surface area contributed by atoms with Crippen molar-refractivity contribution in [3.8, 4) is 11.3 Å². The van der Waals surface area contributed by atoms with Crippen LogP contribution < -0.4 is 4.90 Å². The Kier molecular flexibility index (Phi) is 6.03. The van der Waals surface area contributed by atoms with Crippen molar-refractivity contribution >= 4 is 23.9 Å². The van der Waals surface area contributed by atoms with E-state index in [1.165, 1.54) is 6.33 Å². The Balaban J connectivity index is 1.24. The Labute approximate surface area is 197 Å². The van der Waals surface area contributed by atoms with Gasteiger partial charge in [-0.2, -0.15) is 5.10 Å². The number of aromatic nitrogens is 2. The number of hydrogen-bond donors (Lipinski definition) is 1. The smallest absolute Gasteiger partial charge is 0.335 e. The summed E-state index contributed by atoms with van der Waals surface area (Å²) < 4.78 is 0. The molecule has 8 heteroatoms.